The standard InChI is InChI=1S/C20H23N3O2/c1-16(24)21-13-12-20-22-18-10-5-6-11-19(18)23(20)14-7-15-25-17-8-3-2-4-9-17/h2-6,8-11H,7,12-15H2,1H3,(H,21,24). The molecule has 3 aromatic rings. The van der Waals surface area contributed by atoms with Crippen LogP contribution in [0.1, 0.15) is 19.2 Å². The van der Waals surface area contributed by atoms with Gasteiger partial charge in [-0.3, -0.25) is 4.79 Å². The Hall–Kier alpha value is -2.82. The molecule has 0 spiro atoms. The van der Waals surface area contributed by atoms with Gasteiger partial charge in [-0.25, -0.2) is 4.98 Å². The molecule has 0 saturated heterocycles. The number of hydrogen-bond donors (Lipinski definition) is 1. The van der Waals surface area contributed by atoms with E-state index >= 15 is 0 Å². The lowest BCUT2D eigenvalue weighted by Crippen LogP contribution is -2.23. The molecule has 0 aliphatic rings. The van der Waals surface area contributed by atoms with Crippen LogP contribution in [-0.4, -0.2) is 28.6 Å². The van der Waals surface area contributed by atoms with Gasteiger partial charge in [-0.05, 0) is 30.7 Å². The van der Waals surface area contributed by atoms with Crippen LogP contribution < -0.4 is 10.1 Å². The Morgan fingerprint density at radius 1 is 1.12 bits per heavy atom. The summed E-state index contributed by atoms with van der Waals surface area (Å²) >= 11 is 0. The Kier molecular flexibility index (Phi) is 5.67. The van der Waals surface area contributed by atoms with E-state index in [1.807, 2.05) is 48.5 Å². The highest BCUT2D eigenvalue weighted by Crippen LogP contribution is 2.17. The molecular weight excluding hydrogens is 314 g/mol. The number of benzene rings is 2. The number of fused-ring (bicyclic) bond motifs is 1. The summed E-state index contributed by atoms with van der Waals surface area (Å²) in [6, 6.07) is 18.0. The smallest absolute Gasteiger partial charge is 0.216 e. The normalized spacial score (nSPS) is 10.8. The van der Waals surface area contributed by atoms with Gasteiger partial charge in [0.25, 0.3) is 0 Å². The molecule has 1 heterocycles. The summed E-state index contributed by atoms with van der Waals surface area (Å²) in [6.45, 7) is 3.62. The molecule has 25 heavy (non-hydrogen) atoms. The zero-order valence-corrected chi connectivity index (χ0v) is 14.4. The largest absolute Gasteiger partial charge is 0.494 e. The van der Waals surface area contributed by atoms with E-state index in [2.05, 4.69) is 16.0 Å². The van der Waals surface area contributed by atoms with Gasteiger partial charge < -0.3 is 14.6 Å². The molecule has 130 valence electrons. The SMILES string of the molecule is CC(=O)NCCc1nc2ccccc2n1CCCOc1ccccc1. The van der Waals surface area contributed by atoms with E-state index in [4.69, 9.17) is 9.72 Å². The fourth-order valence-electron chi connectivity index (χ4n) is 2.85. The topological polar surface area (TPSA) is 56.2 Å². The maximum absolute atomic E-state index is 11.1. The number of aromatic nitrogens is 2. The molecule has 0 unspecified atom stereocenters. The Morgan fingerprint density at radius 2 is 1.88 bits per heavy atom. The van der Waals surface area contributed by atoms with E-state index in [9.17, 15) is 4.79 Å². The molecule has 5 heteroatoms. The minimum absolute atomic E-state index is 0.0149. The molecule has 3 rings (SSSR count). The van der Waals surface area contributed by atoms with Crippen molar-refractivity contribution in [2.24, 2.45) is 0 Å². The van der Waals surface area contributed by atoms with Crippen LogP contribution in [-0.2, 0) is 17.8 Å². The van der Waals surface area contributed by atoms with Crippen LogP contribution in [0, 0.1) is 0 Å². The van der Waals surface area contributed by atoms with E-state index in [0.29, 0.717) is 19.6 Å². The molecule has 0 fully saturated rings. The minimum atomic E-state index is -0.0149. The van der Waals surface area contributed by atoms with Crippen molar-refractivity contribution in [3.63, 3.8) is 0 Å². The second-order valence-corrected chi connectivity index (χ2v) is 5.92. The molecule has 1 N–H and O–H groups in total. The number of nitrogens with zero attached hydrogens (tertiary/aromatic N) is 2. The van der Waals surface area contributed by atoms with Gasteiger partial charge in [0.15, 0.2) is 0 Å². The third-order valence-electron chi connectivity index (χ3n) is 3.99. The second-order valence-electron chi connectivity index (χ2n) is 5.92. The Bertz CT molecular complexity index is 827. The zero-order valence-electron chi connectivity index (χ0n) is 14.4. The number of imidazole rings is 1. The number of aryl methyl sites for hydroxylation is 1. The number of para-hydroxylation sites is 3. The van der Waals surface area contributed by atoms with Crippen LogP contribution in [0.25, 0.3) is 11.0 Å². The van der Waals surface area contributed by atoms with Gasteiger partial charge >= 0.3 is 0 Å². The number of amides is 1. The van der Waals surface area contributed by atoms with Crippen molar-refractivity contribution in [3.8, 4) is 5.75 Å². The highest BCUT2D eigenvalue weighted by atomic mass is 16.5. The molecule has 0 aliphatic heterocycles. The maximum Gasteiger partial charge on any atom is 0.216 e. The quantitative estimate of drug-likeness (QED) is 0.642. The first-order valence-corrected chi connectivity index (χ1v) is 8.60. The summed E-state index contributed by atoms with van der Waals surface area (Å²) in [7, 11) is 0. The number of nitrogens with one attached hydrogen (secondary N) is 1. The van der Waals surface area contributed by atoms with Crippen LogP contribution >= 0.6 is 0 Å². The van der Waals surface area contributed by atoms with Crippen LogP contribution in [0.2, 0.25) is 0 Å². The molecule has 1 amide bonds. The summed E-state index contributed by atoms with van der Waals surface area (Å²) in [4.78, 5) is 15.8. The molecular formula is C20H23N3O2. The van der Waals surface area contributed by atoms with Crippen LogP contribution in [0.15, 0.2) is 54.6 Å². The lowest BCUT2D eigenvalue weighted by atomic mass is 10.3. The van der Waals surface area contributed by atoms with Crippen molar-refractivity contribution < 1.29 is 9.53 Å². The first-order valence-electron chi connectivity index (χ1n) is 8.60. The predicted octanol–water partition coefficient (Wildman–Crippen LogP) is 3.18. The Labute approximate surface area is 147 Å². The summed E-state index contributed by atoms with van der Waals surface area (Å²) in [5, 5.41) is 2.84. The van der Waals surface area contributed by atoms with Crippen LogP contribution in [0.5, 0.6) is 5.75 Å². The van der Waals surface area contributed by atoms with Gasteiger partial charge in [0.2, 0.25) is 5.91 Å². The maximum atomic E-state index is 11.1. The van der Waals surface area contributed by atoms with E-state index < -0.39 is 0 Å². The predicted molar refractivity (Wildman–Crippen MR) is 98.7 cm³/mol. The minimum Gasteiger partial charge on any atom is -0.494 e. The molecule has 0 aliphatic carbocycles. The summed E-state index contributed by atoms with van der Waals surface area (Å²) in [5.41, 5.74) is 2.12. The summed E-state index contributed by atoms with van der Waals surface area (Å²) < 4.78 is 8.01. The lowest BCUT2D eigenvalue weighted by molar-refractivity contribution is -0.118. The van der Waals surface area contributed by atoms with Crippen LogP contribution in [0.4, 0.5) is 0 Å². The number of hydrogen-bond acceptors (Lipinski definition) is 3. The van der Waals surface area contributed by atoms with Gasteiger partial charge in [-0.1, -0.05) is 30.3 Å². The first kappa shape index (κ1) is 17.0. The van der Waals surface area contributed by atoms with Crippen molar-refractivity contribution in [1.82, 2.24) is 14.9 Å². The van der Waals surface area contributed by atoms with Crippen molar-refractivity contribution in [2.45, 2.75) is 26.3 Å². The molecule has 1 aromatic heterocycles. The molecule has 5 nitrogen and oxygen atoms in total. The van der Waals surface area contributed by atoms with Crippen molar-refractivity contribution >= 4 is 16.9 Å². The Morgan fingerprint density at radius 3 is 2.68 bits per heavy atom. The average Bonchev–Trinajstić information content (AvgIpc) is 2.97. The fraction of sp³-hybridized carbons (Fsp3) is 0.300. The third-order valence-corrected chi connectivity index (χ3v) is 3.99. The van der Waals surface area contributed by atoms with Gasteiger partial charge in [-0.2, -0.15) is 0 Å². The third kappa shape index (κ3) is 4.59. The molecule has 0 bridgehead atoms. The van der Waals surface area contributed by atoms with E-state index in [1.54, 1.807) is 0 Å². The summed E-state index contributed by atoms with van der Waals surface area (Å²) in [6.07, 6.45) is 1.61. The zero-order chi connectivity index (χ0) is 17.5. The molecule has 2 aromatic carbocycles. The summed E-state index contributed by atoms with van der Waals surface area (Å²) in [5.74, 6) is 1.87. The van der Waals surface area contributed by atoms with Crippen molar-refractivity contribution in [2.75, 3.05) is 13.2 Å². The second kappa shape index (κ2) is 8.33. The van der Waals surface area contributed by atoms with Gasteiger partial charge in [0.1, 0.15) is 11.6 Å². The number of rotatable bonds is 8. The molecule has 0 atom stereocenters. The van der Waals surface area contributed by atoms with Crippen molar-refractivity contribution in [1.29, 1.82) is 0 Å². The average molecular weight is 337 g/mol. The molecule has 0 saturated carbocycles. The number of carbonyl (C=O) groups excluding carboxylic acids is 1. The van der Waals surface area contributed by atoms with Gasteiger partial charge in [0.05, 0.1) is 17.6 Å². The Balaban J connectivity index is 1.64. The highest BCUT2D eigenvalue weighted by Gasteiger charge is 2.10. The number of ether oxygens (including phenoxy) is 1. The van der Waals surface area contributed by atoms with E-state index in [1.165, 1.54) is 6.92 Å². The number of carbonyl (C=O) groups is 1. The monoisotopic (exact) mass is 337 g/mol. The first-order chi connectivity index (χ1) is 12.2. The van der Waals surface area contributed by atoms with Gasteiger partial charge in [-0.15, -0.1) is 0 Å². The van der Waals surface area contributed by atoms with E-state index in [-0.39, 0.29) is 5.91 Å². The van der Waals surface area contributed by atoms with Crippen LogP contribution in [0.3, 0.4) is 0 Å². The van der Waals surface area contributed by atoms with E-state index in [0.717, 1.165) is 35.6 Å². The fourth-order valence-corrected chi connectivity index (χ4v) is 2.85. The lowest BCUT2D eigenvalue weighted by Gasteiger charge is -2.10. The van der Waals surface area contributed by atoms with Gasteiger partial charge in [0, 0.05) is 26.4 Å². The van der Waals surface area contributed by atoms with Crippen molar-refractivity contribution in [3.05, 3.63) is 60.4 Å². The molecule has 0 radical (unpaired) electrons. The highest BCUT2D eigenvalue weighted by molar-refractivity contribution is 5.76.